The maximum absolute atomic E-state index is 11.2. The molecule has 5 heteroatoms. The van der Waals surface area contributed by atoms with Gasteiger partial charge in [0.2, 0.25) is 0 Å². The molecule has 5 nitrogen and oxygen atoms in total. The second kappa shape index (κ2) is 3.02. The number of anilines is 1. The molecule has 0 aliphatic carbocycles. The van der Waals surface area contributed by atoms with Gasteiger partial charge in [0.25, 0.3) is 5.56 Å². The van der Waals surface area contributed by atoms with Crippen molar-refractivity contribution in [2.75, 3.05) is 5.73 Å². The Morgan fingerprint density at radius 1 is 1.57 bits per heavy atom. The van der Waals surface area contributed by atoms with Crippen molar-refractivity contribution in [2.45, 2.75) is 6.92 Å². The Bertz CT molecular complexity index is 513. The molecule has 2 rings (SSSR count). The van der Waals surface area contributed by atoms with Gasteiger partial charge in [-0.2, -0.15) is 0 Å². The van der Waals surface area contributed by atoms with Crippen molar-refractivity contribution in [3.8, 4) is 11.3 Å². The Morgan fingerprint density at radius 3 is 3.00 bits per heavy atom. The molecule has 0 aliphatic heterocycles. The van der Waals surface area contributed by atoms with Crippen molar-refractivity contribution in [1.29, 1.82) is 0 Å². The highest BCUT2D eigenvalue weighted by Gasteiger charge is 2.11. The number of hydrogen-bond acceptors (Lipinski definition) is 4. The van der Waals surface area contributed by atoms with Crippen LogP contribution in [-0.2, 0) is 0 Å². The molecule has 72 valence electrons. The van der Waals surface area contributed by atoms with Gasteiger partial charge >= 0.3 is 0 Å². The number of nitrogens with zero attached hydrogens (tertiary/aromatic N) is 1. The van der Waals surface area contributed by atoms with Crippen molar-refractivity contribution >= 4 is 5.69 Å². The first-order chi connectivity index (χ1) is 6.70. The normalized spacial score (nSPS) is 10.4. The fourth-order valence-electron chi connectivity index (χ4n) is 1.25. The molecule has 2 aromatic heterocycles. The standard InChI is InChI=1S/C9H9N3O2/c1-5-8(14-4-12-5)6-2-3-11-9(13)7(6)10/h2-4H,10H2,1H3,(H,11,13). The van der Waals surface area contributed by atoms with Crippen LogP contribution in [0.5, 0.6) is 0 Å². The van der Waals surface area contributed by atoms with Gasteiger partial charge in [0, 0.05) is 11.8 Å². The molecule has 0 spiro atoms. The van der Waals surface area contributed by atoms with E-state index < -0.39 is 0 Å². The molecule has 3 N–H and O–H groups in total. The van der Waals surface area contributed by atoms with E-state index in [4.69, 9.17) is 10.2 Å². The number of oxazole rings is 1. The van der Waals surface area contributed by atoms with E-state index in [9.17, 15) is 4.79 Å². The van der Waals surface area contributed by atoms with Crippen LogP contribution in [0.25, 0.3) is 11.3 Å². The third kappa shape index (κ3) is 1.19. The summed E-state index contributed by atoms with van der Waals surface area (Å²) in [7, 11) is 0. The number of nitrogens with one attached hydrogen (secondary N) is 1. The summed E-state index contributed by atoms with van der Waals surface area (Å²) in [6.45, 7) is 1.79. The number of nitrogens with two attached hydrogens (primary N) is 1. The minimum Gasteiger partial charge on any atom is -0.443 e. The number of H-pyrrole nitrogens is 1. The van der Waals surface area contributed by atoms with Gasteiger partial charge in [-0.1, -0.05) is 0 Å². The van der Waals surface area contributed by atoms with Crippen LogP contribution in [0.3, 0.4) is 0 Å². The zero-order valence-corrected chi connectivity index (χ0v) is 7.57. The monoisotopic (exact) mass is 191 g/mol. The molecule has 0 unspecified atom stereocenters. The third-order valence-corrected chi connectivity index (χ3v) is 1.99. The number of nitrogen functional groups attached to an aromatic ring is 1. The molecule has 0 saturated carbocycles. The van der Waals surface area contributed by atoms with Crippen molar-refractivity contribution in [2.24, 2.45) is 0 Å². The van der Waals surface area contributed by atoms with Crippen LogP contribution in [0.1, 0.15) is 5.69 Å². The molecule has 0 saturated heterocycles. The fraction of sp³-hybridized carbons (Fsp3) is 0.111. The minimum atomic E-state index is -0.321. The lowest BCUT2D eigenvalue weighted by Gasteiger charge is -2.00. The first-order valence-corrected chi connectivity index (χ1v) is 4.08. The average Bonchev–Trinajstić information content (AvgIpc) is 2.57. The van der Waals surface area contributed by atoms with Crippen LogP contribution >= 0.6 is 0 Å². The average molecular weight is 191 g/mol. The van der Waals surface area contributed by atoms with Gasteiger partial charge in [0.15, 0.2) is 12.2 Å². The zero-order valence-electron chi connectivity index (χ0n) is 7.57. The van der Waals surface area contributed by atoms with Gasteiger partial charge < -0.3 is 15.1 Å². The Balaban J connectivity index is 2.69. The van der Waals surface area contributed by atoms with E-state index >= 15 is 0 Å². The van der Waals surface area contributed by atoms with Gasteiger partial charge in [-0.3, -0.25) is 4.79 Å². The van der Waals surface area contributed by atoms with Crippen LogP contribution in [0.2, 0.25) is 0 Å². The van der Waals surface area contributed by atoms with E-state index in [2.05, 4.69) is 9.97 Å². The number of pyridine rings is 1. The van der Waals surface area contributed by atoms with E-state index in [-0.39, 0.29) is 11.2 Å². The summed E-state index contributed by atoms with van der Waals surface area (Å²) >= 11 is 0. The van der Waals surface area contributed by atoms with Crippen molar-refractivity contribution in [3.63, 3.8) is 0 Å². The number of aromatic nitrogens is 2. The molecule has 0 amide bonds. The second-order valence-corrected chi connectivity index (χ2v) is 2.90. The van der Waals surface area contributed by atoms with Crippen LogP contribution in [0, 0.1) is 6.92 Å². The molecule has 0 aromatic carbocycles. The molecule has 14 heavy (non-hydrogen) atoms. The van der Waals surface area contributed by atoms with Crippen molar-refractivity contribution in [3.05, 3.63) is 34.7 Å². The molecule has 0 bridgehead atoms. The largest absolute Gasteiger partial charge is 0.443 e. The summed E-state index contributed by atoms with van der Waals surface area (Å²) in [5, 5.41) is 0. The van der Waals surface area contributed by atoms with E-state index in [0.29, 0.717) is 17.0 Å². The Morgan fingerprint density at radius 2 is 2.36 bits per heavy atom. The molecule has 2 heterocycles. The predicted octanol–water partition coefficient (Wildman–Crippen LogP) is 0.921. The lowest BCUT2D eigenvalue weighted by atomic mass is 10.1. The van der Waals surface area contributed by atoms with Crippen molar-refractivity contribution in [1.82, 2.24) is 9.97 Å². The summed E-state index contributed by atoms with van der Waals surface area (Å²) in [6, 6.07) is 1.68. The molecular formula is C9H9N3O2. The highest BCUT2D eigenvalue weighted by Crippen LogP contribution is 2.24. The van der Waals surface area contributed by atoms with E-state index in [1.54, 1.807) is 13.0 Å². The summed E-state index contributed by atoms with van der Waals surface area (Å²) in [5.41, 5.74) is 6.72. The predicted molar refractivity (Wildman–Crippen MR) is 51.7 cm³/mol. The lowest BCUT2D eigenvalue weighted by molar-refractivity contribution is 0.571. The first kappa shape index (κ1) is 8.55. The molecule has 0 aliphatic rings. The maximum Gasteiger partial charge on any atom is 0.271 e. The van der Waals surface area contributed by atoms with Gasteiger partial charge in [0.1, 0.15) is 5.69 Å². The third-order valence-electron chi connectivity index (χ3n) is 1.99. The second-order valence-electron chi connectivity index (χ2n) is 2.90. The summed E-state index contributed by atoms with van der Waals surface area (Å²) in [5.74, 6) is 0.536. The topological polar surface area (TPSA) is 84.9 Å². The smallest absolute Gasteiger partial charge is 0.271 e. The van der Waals surface area contributed by atoms with E-state index in [0.717, 1.165) is 0 Å². The van der Waals surface area contributed by atoms with Crippen LogP contribution in [0.15, 0.2) is 27.9 Å². The summed E-state index contributed by atoms with van der Waals surface area (Å²) in [6.07, 6.45) is 2.85. The quantitative estimate of drug-likeness (QED) is 0.701. The first-order valence-electron chi connectivity index (χ1n) is 4.08. The summed E-state index contributed by atoms with van der Waals surface area (Å²) < 4.78 is 5.14. The van der Waals surface area contributed by atoms with E-state index in [1.807, 2.05) is 0 Å². The highest BCUT2D eigenvalue weighted by molar-refractivity contribution is 5.72. The SMILES string of the molecule is Cc1ncoc1-c1cc[nH]c(=O)c1N. The number of rotatable bonds is 1. The number of hydrogen-bond donors (Lipinski definition) is 2. The fourth-order valence-corrected chi connectivity index (χ4v) is 1.25. The molecule has 2 aromatic rings. The molecule has 0 radical (unpaired) electrons. The van der Waals surface area contributed by atoms with Crippen molar-refractivity contribution < 1.29 is 4.42 Å². The Kier molecular flexibility index (Phi) is 1.85. The van der Waals surface area contributed by atoms with E-state index in [1.165, 1.54) is 12.6 Å². The summed E-state index contributed by atoms with van der Waals surface area (Å²) in [4.78, 5) is 17.6. The van der Waals surface area contributed by atoms with Crippen LogP contribution < -0.4 is 11.3 Å². The number of aryl methyl sites for hydroxylation is 1. The zero-order chi connectivity index (χ0) is 10.1. The van der Waals surface area contributed by atoms with Gasteiger partial charge in [-0.05, 0) is 13.0 Å². The maximum atomic E-state index is 11.2. The molecular weight excluding hydrogens is 182 g/mol. The molecule has 0 atom stereocenters. The Labute approximate surface area is 79.6 Å². The molecule has 0 fully saturated rings. The van der Waals surface area contributed by atoms with Gasteiger partial charge in [-0.15, -0.1) is 0 Å². The lowest BCUT2D eigenvalue weighted by Crippen LogP contribution is -2.11. The Hall–Kier alpha value is -2.04. The van der Waals surface area contributed by atoms with Gasteiger partial charge in [-0.25, -0.2) is 4.98 Å². The van der Waals surface area contributed by atoms with Crippen LogP contribution in [-0.4, -0.2) is 9.97 Å². The number of aromatic amines is 1. The minimum absolute atomic E-state index is 0.146. The highest BCUT2D eigenvalue weighted by atomic mass is 16.3. The van der Waals surface area contributed by atoms with Gasteiger partial charge in [0.05, 0.1) is 5.69 Å². The van der Waals surface area contributed by atoms with Crippen LogP contribution in [0.4, 0.5) is 5.69 Å².